The standard InChI is InChI=1S/C30H39F3N4O3S/c31-30(32,33)25-9-1-2-11-28(25)41(39,40)37-18-4-3-10-26(37)27(38)23-36-20-13-29(14-21-36,24-8-7-15-34-22-24)12-19-35-16-5-6-17-35/h1-2,7-9,11,15,22,26H,3-6,10,12-14,16-21,23H2. The number of carbonyl (C=O) groups excluding carboxylic acids is 1. The Labute approximate surface area is 240 Å². The van der Waals surface area contributed by atoms with Crippen LogP contribution in [0, 0.1) is 0 Å². The molecule has 1 unspecified atom stereocenters. The molecule has 3 aliphatic heterocycles. The van der Waals surface area contributed by atoms with Crippen molar-refractivity contribution in [2.75, 3.05) is 45.8 Å². The molecule has 11 heteroatoms. The zero-order valence-electron chi connectivity index (χ0n) is 23.4. The van der Waals surface area contributed by atoms with E-state index in [0.29, 0.717) is 32.4 Å². The molecule has 5 rings (SSSR count). The number of ketones is 1. The van der Waals surface area contributed by atoms with Gasteiger partial charge in [-0.2, -0.15) is 17.5 Å². The van der Waals surface area contributed by atoms with Crippen molar-refractivity contribution in [3.05, 3.63) is 59.9 Å². The summed E-state index contributed by atoms with van der Waals surface area (Å²) in [7, 11) is -4.52. The summed E-state index contributed by atoms with van der Waals surface area (Å²) in [6.07, 6.45) is 5.63. The molecule has 3 fully saturated rings. The molecule has 41 heavy (non-hydrogen) atoms. The van der Waals surface area contributed by atoms with E-state index in [9.17, 15) is 26.4 Å². The predicted molar refractivity (Wildman–Crippen MR) is 150 cm³/mol. The Morgan fingerprint density at radius 2 is 1.63 bits per heavy atom. The molecule has 3 aliphatic rings. The van der Waals surface area contributed by atoms with Crippen molar-refractivity contribution in [2.45, 2.75) is 73.9 Å². The van der Waals surface area contributed by atoms with E-state index in [-0.39, 0.29) is 24.3 Å². The second kappa shape index (κ2) is 12.5. The maximum Gasteiger partial charge on any atom is 0.417 e. The van der Waals surface area contributed by atoms with Gasteiger partial charge in [0.15, 0.2) is 5.78 Å². The highest BCUT2D eigenvalue weighted by molar-refractivity contribution is 7.89. The van der Waals surface area contributed by atoms with Crippen LogP contribution in [0.5, 0.6) is 0 Å². The minimum Gasteiger partial charge on any atom is -0.303 e. The first-order chi connectivity index (χ1) is 19.6. The highest BCUT2D eigenvalue weighted by Gasteiger charge is 2.44. The summed E-state index contributed by atoms with van der Waals surface area (Å²) >= 11 is 0. The van der Waals surface area contributed by atoms with Crippen LogP contribution in [-0.4, -0.2) is 85.1 Å². The molecule has 1 atom stereocenters. The Kier molecular flexibility index (Phi) is 9.18. The molecule has 0 bridgehead atoms. The number of sulfonamides is 1. The van der Waals surface area contributed by atoms with Gasteiger partial charge in [-0.3, -0.25) is 14.7 Å². The Morgan fingerprint density at radius 1 is 0.927 bits per heavy atom. The van der Waals surface area contributed by atoms with Gasteiger partial charge in [0.1, 0.15) is 0 Å². The molecule has 3 saturated heterocycles. The third kappa shape index (κ3) is 6.68. The van der Waals surface area contributed by atoms with E-state index < -0.39 is 32.7 Å². The summed E-state index contributed by atoms with van der Waals surface area (Å²) in [6, 6.07) is 7.37. The fourth-order valence-corrected chi connectivity index (χ4v) is 8.66. The molecule has 0 N–H and O–H groups in total. The van der Waals surface area contributed by atoms with E-state index in [1.54, 1.807) is 6.20 Å². The average Bonchev–Trinajstić information content (AvgIpc) is 3.51. The second-order valence-corrected chi connectivity index (χ2v) is 13.5. The smallest absolute Gasteiger partial charge is 0.303 e. The van der Waals surface area contributed by atoms with Gasteiger partial charge in [0.2, 0.25) is 10.0 Å². The van der Waals surface area contributed by atoms with Crippen LogP contribution in [0.1, 0.15) is 62.5 Å². The number of halogens is 3. The number of Topliss-reactive ketones (excluding diaryl/α,β-unsaturated/α-hetero) is 1. The molecule has 0 aliphatic carbocycles. The van der Waals surface area contributed by atoms with Gasteiger partial charge < -0.3 is 4.90 Å². The molecule has 2 aromatic rings. The normalized spacial score (nSPS) is 23.0. The van der Waals surface area contributed by atoms with Crippen molar-refractivity contribution in [3.8, 4) is 0 Å². The maximum absolute atomic E-state index is 13.7. The highest BCUT2D eigenvalue weighted by Crippen LogP contribution is 2.40. The first-order valence-corrected chi connectivity index (χ1v) is 16.1. The summed E-state index contributed by atoms with van der Waals surface area (Å²) in [4.78, 5) is 21.8. The van der Waals surface area contributed by atoms with E-state index in [1.807, 2.05) is 12.3 Å². The van der Waals surface area contributed by atoms with Crippen LogP contribution in [0.2, 0.25) is 0 Å². The number of benzene rings is 1. The first kappa shape index (κ1) is 30.1. The van der Waals surface area contributed by atoms with E-state index >= 15 is 0 Å². The fourth-order valence-electron chi connectivity index (χ4n) is 6.77. The topological polar surface area (TPSA) is 73.8 Å². The van der Waals surface area contributed by atoms with Gasteiger partial charge in [-0.15, -0.1) is 0 Å². The quantitative estimate of drug-likeness (QED) is 0.419. The van der Waals surface area contributed by atoms with Crippen LogP contribution in [0.25, 0.3) is 0 Å². The number of rotatable bonds is 9. The molecule has 224 valence electrons. The van der Waals surface area contributed by atoms with E-state index in [1.165, 1.54) is 30.5 Å². The zero-order valence-corrected chi connectivity index (χ0v) is 24.2. The van der Waals surface area contributed by atoms with Crippen molar-refractivity contribution < 1.29 is 26.4 Å². The summed E-state index contributed by atoms with van der Waals surface area (Å²) in [5.74, 6) is -0.247. The zero-order chi connectivity index (χ0) is 29.1. The monoisotopic (exact) mass is 592 g/mol. The molecule has 1 aromatic carbocycles. The fraction of sp³-hybridized carbons (Fsp3) is 0.600. The SMILES string of the molecule is O=C(CN1CCC(CCN2CCCC2)(c2cccnc2)CC1)C1CCCCN1S(=O)(=O)c1ccccc1C(F)(F)F. The van der Waals surface area contributed by atoms with Crippen molar-refractivity contribution in [3.63, 3.8) is 0 Å². The number of likely N-dealkylation sites (tertiary alicyclic amines) is 2. The molecule has 0 saturated carbocycles. The van der Waals surface area contributed by atoms with Gasteiger partial charge >= 0.3 is 6.18 Å². The average molecular weight is 593 g/mol. The van der Waals surface area contributed by atoms with Crippen molar-refractivity contribution in [1.29, 1.82) is 0 Å². The summed E-state index contributed by atoms with van der Waals surface area (Å²) in [5.41, 5.74) is -0.00991. The number of alkyl halides is 3. The number of nitrogens with zero attached hydrogens (tertiary/aromatic N) is 4. The van der Waals surface area contributed by atoms with Crippen LogP contribution in [0.3, 0.4) is 0 Å². The van der Waals surface area contributed by atoms with Gasteiger partial charge in [0.25, 0.3) is 0 Å². The number of carbonyl (C=O) groups is 1. The second-order valence-electron chi connectivity index (χ2n) is 11.7. The van der Waals surface area contributed by atoms with Crippen molar-refractivity contribution >= 4 is 15.8 Å². The lowest BCUT2D eigenvalue weighted by atomic mass is 9.70. The third-order valence-corrected chi connectivity index (χ3v) is 11.1. The van der Waals surface area contributed by atoms with E-state index in [0.717, 1.165) is 55.3 Å². The van der Waals surface area contributed by atoms with Crippen LogP contribution in [0.15, 0.2) is 53.7 Å². The minimum absolute atomic E-state index is 0.0298. The van der Waals surface area contributed by atoms with Gasteiger partial charge in [0, 0.05) is 24.4 Å². The molecule has 1 aromatic heterocycles. The van der Waals surface area contributed by atoms with Gasteiger partial charge in [0.05, 0.1) is 23.0 Å². The number of piperidine rings is 2. The Morgan fingerprint density at radius 3 is 2.32 bits per heavy atom. The molecule has 7 nitrogen and oxygen atoms in total. The van der Waals surface area contributed by atoms with E-state index in [4.69, 9.17) is 0 Å². The minimum atomic E-state index is -4.82. The molecule has 0 radical (unpaired) electrons. The summed E-state index contributed by atoms with van der Waals surface area (Å²) in [6.45, 7) is 4.81. The largest absolute Gasteiger partial charge is 0.417 e. The first-order valence-electron chi connectivity index (χ1n) is 14.7. The Balaban J connectivity index is 1.28. The van der Waals surface area contributed by atoms with Gasteiger partial charge in [-0.25, -0.2) is 8.42 Å². The van der Waals surface area contributed by atoms with E-state index in [2.05, 4.69) is 20.9 Å². The van der Waals surface area contributed by atoms with Crippen molar-refractivity contribution in [2.24, 2.45) is 0 Å². The van der Waals surface area contributed by atoms with Crippen LogP contribution >= 0.6 is 0 Å². The number of pyridine rings is 1. The number of hydrogen-bond donors (Lipinski definition) is 0. The Hall–Kier alpha value is -2.34. The van der Waals surface area contributed by atoms with Crippen LogP contribution in [-0.2, 0) is 26.4 Å². The molecular weight excluding hydrogens is 553 g/mol. The van der Waals surface area contributed by atoms with Crippen molar-refractivity contribution in [1.82, 2.24) is 19.1 Å². The van der Waals surface area contributed by atoms with Crippen LogP contribution < -0.4 is 0 Å². The Bertz CT molecular complexity index is 1290. The lowest BCUT2D eigenvalue weighted by Gasteiger charge is -2.43. The highest BCUT2D eigenvalue weighted by atomic mass is 32.2. The third-order valence-electron chi connectivity index (χ3n) is 9.18. The molecule has 0 amide bonds. The van der Waals surface area contributed by atoms with Gasteiger partial charge in [-0.1, -0.05) is 24.6 Å². The molecular formula is C30H39F3N4O3S. The summed E-state index contributed by atoms with van der Waals surface area (Å²) in [5, 5.41) is 0. The lowest BCUT2D eigenvalue weighted by Crippen LogP contribution is -2.52. The maximum atomic E-state index is 13.7. The lowest BCUT2D eigenvalue weighted by molar-refractivity contribution is -0.139. The molecule has 4 heterocycles. The molecule has 0 spiro atoms. The van der Waals surface area contributed by atoms with Crippen LogP contribution in [0.4, 0.5) is 13.2 Å². The van der Waals surface area contributed by atoms with Gasteiger partial charge in [-0.05, 0) is 101 Å². The predicted octanol–water partition coefficient (Wildman–Crippen LogP) is 4.73. The number of hydrogen-bond acceptors (Lipinski definition) is 6. The number of aromatic nitrogens is 1. The summed E-state index contributed by atoms with van der Waals surface area (Å²) < 4.78 is 69.1.